The Kier molecular flexibility index (Phi) is 5.21. The average molecular weight is 345 g/mol. The van der Waals surface area contributed by atoms with E-state index in [4.69, 9.17) is 4.74 Å². The van der Waals surface area contributed by atoms with Gasteiger partial charge in [0, 0.05) is 18.0 Å². The molecule has 0 heterocycles. The molecule has 0 saturated heterocycles. The summed E-state index contributed by atoms with van der Waals surface area (Å²) in [6, 6.07) is 4.57. The van der Waals surface area contributed by atoms with Crippen LogP contribution in [0, 0.1) is 11.7 Å². The zero-order valence-corrected chi connectivity index (χ0v) is 13.6. The molecular formula is C16H22BrFO2. The Labute approximate surface area is 128 Å². The van der Waals surface area contributed by atoms with Crippen molar-refractivity contribution < 1.29 is 14.2 Å². The van der Waals surface area contributed by atoms with E-state index < -0.39 is 11.7 Å². The number of ether oxygens (including phenoxy) is 1. The molecule has 1 saturated carbocycles. The number of halogens is 2. The second kappa shape index (κ2) is 6.54. The molecule has 0 aliphatic heterocycles. The van der Waals surface area contributed by atoms with E-state index in [1.807, 2.05) is 0 Å². The largest absolute Gasteiger partial charge is 0.390 e. The molecule has 1 aliphatic rings. The molecule has 4 heteroatoms. The third-order valence-electron chi connectivity index (χ3n) is 4.56. The highest BCUT2D eigenvalue weighted by Gasteiger charge is 2.40. The fourth-order valence-corrected chi connectivity index (χ4v) is 3.43. The van der Waals surface area contributed by atoms with Gasteiger partial charge in [0.1, 0.15) is 5.82 Å². The summed E-state index contributed by atoms with van der Waals surface area (Å²) in [5.74, 6) is 0.408. The Hall–Kier alpha value is -0.450. The summed E-state index contributed by atoms with van der Waals surface area (Å²) < 4.78 is 19.8. The van der Waals surface area contributed by atoms with Gasteiger partial charge >= 0.3 is 0 Å². The zero-order valence-electron chi connectivity index (χ0n) is 12.0. The summed E-state index contributed by atoms with van der Waals surface area (Å²) in [6.07, 6.45) is 3.64. The van der Waals surface area contributed by atoms with Crippen LogP contribution in [0.5, 0.6) is 0 Å². The van der Waals surface area contributed by atoms with Crippen LogP contribution in [-0.4, -0.2) is 23.9 Å². The van der Waals surface area contributed by atoms with Gasteiger partial charge in [0.2, 0.25) is 0 Å². The van der Waals surface area contributed by atoms with Gasteiger partial charge < -0.3 is 9.84 Å². The summed E-state index contributed by atoms with van der Waals surface area (Å²) in [5, 5.41) is 10.6. The fourth-order valence-electron chi connectivity index (χ4n) is 3.02. The van der Waals surface area contributed by atoms with Gasteiger partial charge in [-0.15, -0.1) is 0 Å². The number of hydrogen-bond donors (Lipinski definition) is 1. The normalized spacial score (nSPS) is 28.4. The molecule has 0 amide bonds. The third-order valence-corrected chi connectivity index (χ3v) is 5.33. The predicted molar refractivity (Wildman–Crippen MR) is 81.2 cm³/mol. The third kappa shape index (κ3) is 3.41. The first kappa shape index (κ1) is 15.9. The van der Waals surface area contributed by atoms with Crippen LogP contribution in [-0.2, 0) is 11.2 Å². The number of rotatable bonds is 4. The van der Waals surface area contributed by atoms with Crippen molar-refractivity contribution in [2.75, 3.05) is 7.11 Å². The van der Waals surface area contributed by atoms with Gasteiger partial charge in [-0.1, -0.05) is 22.9 Å². The van der Waals surface area contributed by atoms with E-state index in [1.54, 1.807) is 13.2 Å². The molecule has 112 valence electrons. The monoisotopic (exact) mass is 344 g/mol. The van der Waals surface area contributed by atoms with Gasteiger partial charge in [0.05, 0.1) is 11.7 Å². The van der Waals surface area contributed by atoms with Crippen LogP contribution in [0.2, 0.25) is 0 Å². The molecule has 1 aliphatic carbocycles. The lowest BCUT2D eigenvalue weighted by molar-refractivity contribution is -0.127. The van der Waals surface area contributed by atoms with Gasteiger partial charge in [-0.25, -0.2) is 4.39 Å². The highest BCUT2D eigenvalue weighted by molar-refractivity contribution is 9.10. The highest BCUT2D eigenvalue weighted by Crippen LogP contribution is 2.38. The second-order valence-electron chi connectivity index (χ2n) is 5.91. The van der Waals surface area contributed by atoms with Crippen LogP contribution >= 0.6 is 15.9 Å². The lowest BCUT2D eigenvalue weighted by Gasteiger charge is -2.42. The molecule has 2 nitrogen and oxygen atoms in total. The van der Waals surface area contributed by atoms with Crippen molar-refractivity contribution in [3.8, 4) is 0 Å². The van der Waals surface area contributed by atoms with E-state index in [9.17, 15) is 9.50 Å². The van der Waals surface area contributed by atoms with Crippen molar-refractivity contribution in [2.45, 2.75) is 50.7 Å². The lowest BCUT2D eigenvalue weighted by atomic mass is 9.75. The van der Waals surface area contributed by atoms with E-state index >= 15 is 0 Å². The summed E-state index contributed by atoms with van der Waals surface area (Å²) in [5.41, 5.74) is 0.297. The maximum Gasteiger partial charge on any atom is 0.123 e. The van der Waals surface area contributed by atoms with Crippen molar-refractivity contribution in [3.05, 3.63) is 34.1 Å². The molecule has 20 heavy (non-hydrogen) atoms. The molecule has 0 radical (unpaired) electrons. The quantitative estimate of drug-likeness (QED) is 0.891. The summed E-state index contributed by atoms with van der Waals surface area (Å²) in [7, 11) is 1.67. The molecule has 1 fully saturated rings. The Balaban J connectivity index is 2.13. The Morgan fingerprint density at radius 3 is 2.70 bits per heavy atom. The van der Waals surface area contributed by atoms with Gasteiger partial charge in [0.25, 0.3) is 0 Å². The smallest absolute Gasteiger partial charge is 0.123 e. The SMILES string of the molecule is COC1(C(O)Cc2cc(F)ccc2Br)CCC(C)CC1. The molecule has 0 spiro atoms. The van der Waals surface area contributed by atoms with Crippen LogP contribution in [0.25, 0.3) is 0 Å². The summed E-state index contributed by atoms with van der Waals surface area (Å²) >= 11 is 3.41. The molecule has 1 N–H and O–H groups in total. The molecule has 1 aromatic carbocycles. The van der Waals surface area contributed by atoms with Gasteiger partial charge in [-0.2, -0.15) is 0 Å². The molecular weight excluding hydrogens is 323 g/mol. The number of aliphatic hydroxyl groups excluding tert-OH is 1. The first-order valence-electron chi connectivity index (χ1n) is 7.14. The fraction of sp³-hybridized carbons (Fsp3) is 0.625. The van der Waals surface area contributed by atoms with Gasteiger partial charge in [0.15, 0.2) is 0 Å². The topological polar surface area (TPSA) is 29.5 Å². The highest BCUT2D eigenvalue weighted by atomic mass is 79.9. The Bertz CT molecular complexity index is 456. The number of hydrogen-bond acceptors (Lipinski definition) is 2. The van der Waals surface area contributed by atoms with Crippen molar-refractivity contribution in [3.63, 3.8) is 0 Å². The van der Waals surface area contributed by atoms with Crippen molar-refractivity contribution >= 4 is 15.9 Å². The minimum atomic E-state index is -0.613. The van der Waals surface area contributed by atoms with E-state index in [-0.39, 0.29) is 5.82 Å². The van der Waals surface area contributed by atoms with Crippen LogP contribution in [0.4, 0.5) is 4.39 Å². The number of benzene rings is 1. The van der Waals surface area contributed by atoms with Crippen LogP contribution in [0.1, 0.15) is 38.2 Å². The van der Waals surface area contributed by atoms with E-state index in [1.165, 1.54) is 12.1 Å². The van der Waals surface area contributed by atoms with Crippen LogP contribution in [0.15, 0.2) is 22.7 Å². The summed E-state index contributed by atoms with van der Waals surface area (Å²) in [6.45, 7) is 2.23. The molecule has 2 rings (SSSR count). The number of methoxy groups -OCH3 is 1. The van der Waals surface area contributed by atoms with E-state index in [2.05, 4.69) is 22.9 Å². The lowest BCUT2D eigenvalue weighted by Crippen LogP contribution is -2.47. The molecule has 1 unspecified atom stereocenters. The predicted octanol–water partition coefficient (Wildman–Crippen LogP) is 4.09. The minimum Gasteiger partial charge on any atom is -0.390 e. The summed E-state index contributed by atoms with van der Waals surface area (Å²) in [4.78, 5) is 0. The molecule has 1 aromatic rings. The van der Waals surface area contributed by atoms with E-state index in [0.717, 1.165) is 35.7 Å². The zero-order chi connectivity index (χ0) is 14.8. The van der Waals surface area contributed by atoms with Crippen LogP contribution in [0.3, 0.4) is 0 Å². The second-order valence-corrected chi connectivity index (χ2v) is 6.76. The van der Waals surface area contributed by atoms with Gasteiger partial charge in [-0.3, -0.25) is 0 Å². The number of aliphatic hydroxyl groups is 1. The van der Waals surface area contributed by atoms with Crippen molar-refractivity contribution in [1.82, 2.24) is 0 Å². The van der Waals surface area contributed by atoms with Crippen molar-refractivity contribution in [1.29, 1.82) is 0 Å². The first-order chi connectivity index (χ1) is 9.47. The van der Waals surface area contributed by atoms with Crippen molar-refractivity contribution in [2.24, 2.45) is 5.92 Å². The Morgan fingerprint density at radius 1 is 1.45 bits per heavy atom. The molecule has 0 aromatic heterocycles. The molecule has 0 bridgehead atoms. The molecule has 1 atom stereocenters. The maximum atomic E-state index is 13.3. The average Bonchev–Trinajstić information content (AvgIpc) is 2.44. The Morgan fingerprint density at radius 2 is 2.10 bits per heavy atom. The van der Waals surface area contributed by atoms with Gasteiger partial charge in [-0.05, 0) is 55.4 Å². The van der Waals surface area contributed by atoms with Crippen LogP contribution < -0.4 is 0 Å². The first-order valence-corrected chi connectivity index (χ1v) is 7.93. The standard InChI is InChI=1S/C16H22BrFO2/c1-11-5-7-16(20-2,8-6-11)15(19)10-12-9-13(18)3-4-14(12)17/h3-4,9,11,15,19H,5-8,10H2,1-2H3. The van der Waals surface area contributed by atoms with E-state index in [0.29, 0.717) is 12.3 Å². The minimum absolute atomic E-state index is 0.279. The maximum absolute atomic E-state index is 13.3.